The van der Waals surface area contributed by atoms with E-state index in [1.54, 1.807) is 12.1 Å². The number of hydrogen-bond donors (Lipinski definition) is 0. The van der Waals surface area contributed by atoms with Crippen molar-refractivity contribution in [2.45, 2.75) is 6.42 Å². The fraction of sp³-hybridized carbons (Fsp3) is 0.300. The van der Waals surface area contributed by atoms with Crippen LogP contribution < -0.4 is 0 Å². The Balaban J connectivity index is 2.55. The molecule has 0 aliphatic heterocycles. The lowest BCUT2D eigenvalue weighted by Crippen LogP contribution is -2.09. The minimum atomic E-state index is -0.479. The van der Waals surface area contributed by atoms with E-state index < -0.39 is 4.92 Å². The summed E-state index contributed by atoms with van der Waals surface area (Å²) in [5, 5.41) is 11.0. The second kappa shape index (κ2) is 6.22. The van der Waals surface area contributed by atoms with Crippen molar-refractivity contribution in [3.05, 3.63) is 39.9 Å². The molecule has 0 saturated heterocycles. The Kier molecular flexibility index (Phi) is 4.91. The largest absolute Gasteiger partial charge is 0.465 e. The molecule has 0 amide bonds. The number of hydrogen-bond acceptors (Lipinski definition) is 4. The van der Waals surface area contributed by atoms with Gasteiger partial charge in [0, 0.05) is 17.5 Å². The first-order chi connectivity index (χ1) is 7.63. The van der Waals surface area contributed by atoms with Crippen molar-refractivity contribution in [3.63, 3.8) is 0 Å². The number of benzene rings is 1. The molecule has 5 nitrogen and oxygen atoms in total. The van der Waals surface area contributed by atoms with Gasteiger partial charge in [-0.15, -0.1) is 0 Å². The SMILES string of the molecule is O=C(Cc1ccc([N+](=O)[O-])cc1)OCCBr. The highest BCUT2D eigenvalue weighted by atomic mass is 79.9. The van der Waals surface area contributed by atoms with E-state index in [0.717, 1.165) is 0 Å². The summed E-state index contributed by atoms with van der Waals surface area (Å²) in [6.07, 6.45) is 0.130. The topological polar surface area (TPSA) is 69.4 Å². The van der Waals surface area contributed by atoms with Gasteiger partial charge in [-0.2, -0.15) is 0 Å². The number of esters is 1. The molecule has 1 aromatic rings. The third-order valence-electron chi connectivity index (χ3n) is 1.84. The smallest absolute Gasteiger partial charge is 0.310 e. The highest BCUT2D eigenvalue weighted by molar-refractivity contribution is 9.09. The number of halogens is 1. The maximum Gasteiger partial charge on any atom is 0.310 e. The molecule has 0 spiro atoms. The van der Waals surface area contributed by atoms with Crippen LogP contribution in [0.2, 0.25) is 0 Å². The standard InChI is InChI=1S/C10H10BrNO4/c11-5-6-16-10(13)7-8-1-3-9(4-2-8)12(14)15/h1-4H,5-7H2. The zero-order chi connectivity index (χ0) is 12.0. The van der Waals surface area contributed by atoms with E-state index in [1.165, 1.54) is 12.1 Å². The van der Waals surface area contributed by atoms with Crippen molar-refractivity contribution in [1.82, 2.24) is 0 Å². The molecule has 1 aromatic carbocycles. The fourth-order valence-corrected chi connectivity index (χ4v) is 1.27. The number of nitro benzene ring substituents is 1. The summed E-state index contributed by atoms with van der Waals surface area (Å²) in [6.45, 7) is 0.325. The Morgan fingerprint density at radius 1 is 1.38 bits per heavy atom. The van der Waals surface area contributed by atoms with Gasteiger partial charge in [0.05, 0.1) is 11.3 Å². The second-order valence-electron chi connectivity index (χ2n) is 3.01. The predicted octanol–water partition coefficient (Wildman–Crippen LogP) is 2.08. The summed E-state index contributed by atoms with van der Waals surface area (Å²) in [5.74, 6) is -0.340. The summed E-state index contributed by atoms with van der Waals surface area (Å²) >= 11 is 3.14. The zero-order valence-corrected chi connectivity index (χ0v) is 9.97. The zero-order valence-electron chi connectivity index (χ0n) is 8.39. The summed E-state index contributed by atoms with van der Waals surface area (Å²) in [7, 11) is 0. The highest BCUT2D eigenvalue weighted by Crippen LogP contribution is 2.12. The van der Waals surface area contributed by atoms with Crippen LogP contribution in [-0.4, -0.2) is 22.8 Å². The number of ether oxygens (including phenoxy) is 1. The molecule has 0 unspecified atom stereocenters. The quantitative estimate of drug-likeness (QED) is 0.360. The molecule has 0 aromatic heterocycles. The van der Waals surface area contributed by atoms with Crippen molar-refractivity contribution in [3.8, 4) is 0 Å². The van der Waals surface area contributed by atoms with Crippen LogP contribution in [0.15, 0.2) is 24.3 Å². The molecule has 1 rings (SSSR count). The molecule has 0 fully saturated rings. The number of carbonyl (C=O) groups is 1. The van der Waals surface area contributed by atoms with Gasteiger partial charge < -0.3 is 4.74 Å². The predicted molar refractivity (Wildman–Crippen MR) is 61.6 cm³/mol. The van der Waals surface area contributed by atoms with Crippen LogP contribution in [0, 0.1) is 10.1 Å². The van der Waals surface area contributed by atoms with E-state index in [9.17, 15) is 14.9 Å². The second-order valence-corrected chi connectivity index (χ2v) is 3.80. The van der Waals surface area contributed by atoms with Crippen molar-refractivity contribution in [2.75, 3.05) is 11.9 Å². The maximum absolute atomic E-state index is 11.2. The molecule has 0 heterocycles. The first kappa shape index (κ1) is 12.6. The molecular weight excluding hydrogens is 278 g/mol. The molecule has 0 aliphatic carbocycles. The third-order valence-corrected chi connectivity index (χ3v) is 2.16. The summed E-state index contributed by atoms with van der Waals surface area (Å²) < 4.78 is 4.85. The lowest BCUT2D eigenvalue weighted by molar-refractivity contribution is -0.384. The van der Waals surface area contributed by atoms with E-state index >= 15 is 0 Å². The molecule has 0 bridgehead atoms. The van der Waals surface area contributed by atoms with Crippen LogP contribution in [0.25, 0.3) is 0 Å². The number of carbonyl (C=O) groups excluding carboxylic acids is 1. The lowest BCUT2D eigenvalue weighted by Gasteiger charge is -2.02. The number of rotatable bonds is 5. The first-order valence-electron chi connectivity index (χ1n) is 4.58. The molecule has 6 heteroatoms. The number of nitrogens with zero attached hydrogens (tertiary/aromatic N) is 1. The third kappa shape index (κ3) is 3.98. The maximum atomic E-state index is 11.2. The minimum absolute atomic E-state index is 0.0116. The van der Waals surface area contributed by atoms with Crippen molar-refractivity contribution < 1.29 is 14.5 Å². The van der Waals surface area contributed by atoms with Gasteiger partial charge in [-0.1, -0.05) is 28.1 Å². The van der Waals surface area contributed by atoms with Crippen LogP contribution in [0.4, 0.5) is 5.69 Å². The number of alkyl halides is 1. The molecule has 0 aliphatic rings. The average Bonchev–Trinajstić information content (AvgIpc) is 2.27. The Morgan fingerprint density at radius 3 is 2.50 bits per heavy atom. The summed E-state index contributed by atoms with van der Waals surface area (Å²) in [6, 6.07) is 5.83. The summed E-state index contributed by atoms with van der Waals surface area (Å²) in [4.78, 5) is 21.1. The van der Waals surface area contributed by atoms with Gasteiger partial charge in [0.2, 0.25) is 0 Å². The Morgan fingerprint density at radius 2 is 2.00 bits per heavy atom. The molecule has 0 radical (unpaired) electrons. The van der Waals surface area contributed by atoms with E-state index in [0.29, 0.717) is 17.5 Å². The van der Waals surface area contributed by atoms with Gasteiger partial charge in [0.1, 0.15) is 6.61 Å². The van der Waals surface area contributed by atoms with Crippen LogP contribution in [0.3, 0.4) is 0 Å². The molecule has 0 saturated carbocycles. The van der Waals surface area contributed by atoms with Gasteiger partial charge in [-0.05, 0) is 5.56 Å². The van der Waals surface area contributed by atoms with Gasteiger partial charge >= 0.3 is 5.97 Å². The molecule has 16 heavy (non-hydrogen) atoms. The monoisotopic (exact) mass is 287 g/mol. The first-order valence-corrected chi connectivity index (χ1v) is 5.70. The van der Waals surface area contributed by atoms with Crippen molar-refractivity contribution in [1.29, 1.82) is 0 Å². The van der Waals surface area contributed by atoms with Gasteiger partial charge in [-0.3, -0.25) is 14.9 Å². The number of non-ortho nitro benzene ring substituents is 1. The van der Waals surface area contributed by atoms with Crippen LogP contribution in [0.5, 0.6) is 0 Å². The van der Waals surface area contributed by atoms with E-state index in [2.05, 4.69) is 15.9 Å². The molecule has 86 valence electrons. The van der Waals surface area contributed by atoms with E-state index in [1.807, 2.05) is 0 Å². The Bertz CT molecular complexity index is 377. The Labute approximate surface area is 101 Å². The molecule has 0 N–H and O–H groups in total. The Hall–Kier alpha value is -1.43. The van der Waals surface area contributed by atoms with Crippen molar-refractivity contribution >= 4 is 27.6 Å². The van der Waals surface area contributed by atoms with Crippen LogP contribution in [0.1, 0.15) is 5.56 Å². The fourth-order valence-electron chi connectivity index (χ4n) is 1.11. The molecule has 0 atom stereocenters. The average molecular weight is 288 g/mol. The van der Waals surface area contributed by atoms with Gasteiger partial charge in [0.15, 0.2) is 0 Å². The van der Waals surface area contributed by atoms with Crippen LogP contribution >= 0.6 is 15.9 Å². The number of nitro groups is 1. The van der Waals surface area contributed by atoms with Crippen LogP contribution in [-0.2, 0) is 16.0 Å². The normalized spacial score (nSPS) is 9.81. The highest BCUT2D eigenvalue weighted by Gasteiger charge is 2.07. The summed E-state index contributed by atoms with van der Waals surface area (Å²) in [5.41, 5.74) is 0.711. The van der Waals surface area contributed by atoms with Gasteiger partial charge in [0.25, 0.3) is 5.69 Å². The van der Waals surface area contributed by atoms with E-state index in [-0.39, 0.29) is 18.1 Å². The van der Waals surface area contributed by atoms with Crippen molar-refractivity contribution in [2.24, 2.45) is 0 Å². The van der Waals surface area contributed by atoms with E-state index in [4.69, 9.17) is 4.74 Å². The van der Waals surface area contributed by atoms with Gasteiger partial charge in [-0.25, -0.2) is 0 Å². The minimum Gasteiger partial charge on any atom is -0.465 e. The molecular formula is C10H10BrNO4. The lowest BCUT2D eigenvalue weighted by atomic mass is 10.1.